The monoisotopic (exact) mass is 328 g/mol. The minimum atomic E-state index is -0.414. The van der Waals surface area contributed by atoms with Crippen molar-refractivity contribution >= 4 is 11.9 Å². The molecule has 0 saturated carbocycles. The van der Waals surface area contributed by atoms with E-state index in [9.17, 15) is 9.59 Å². The molecular weight excluding hydrogens is 308 g/mol. The van der Waals surface area contributed by atoms with Crippen molar-refractivity contribution in [2.75, 3.05) is 13.2 Å². The van der Waals surface area contributed by atoms with Gasteiger partial charge in [0.25, 0.3) is 0 Å². The highest BCUT2D eigenvalue weighted by molar-refractivity contribution is 5.92. The highest BCUT2D eigenvalue weighted by Crippen LogP contribution is 2.20. The highest BCUT2D eigenvalue weighted by Gasteiger charge is 2.14. The molecule has 0 N–H and O–H groups in total. The number of rotatable bonds is 5. The number of ether oxygens (including phenoxy) is 2. The molecule has 2 rings (SSSR count). The lowest BCUT2D eigenvalue weighted by atomic mass is 10.1. The molecule has 0 aliphatic rings. The second-order valence-corrected chi connectivity index (χ2v) is 5.21. The Morgan fingerprint density at radius 1 is 0.792 bits per heavy atom. The minimum absolute atomic E-state index is 0.297. The maximum atomic E-state index is 12.0. The lowest BCUT2D eigenvalue weighted by molar-refractivity contribution is 0.0516. The SMILES string of the molecule is CCOC(=O)c1cc(C)nc(-c2cc(C(=O)OCC)cc(C)n2)c1. The minimum Gasteiger partial charge on any atom is -0.462 e. The Balaban J connectivity index is 2.48. The van der Waals surface area contributed by atoms with Gasteiger partial charge in [-0.2, -0.15) is 0 Å². The second kappa shape index (κ2) is 7.68. The van der Waals surface area contributed by atoms with Gasteiger partial charge < -0.3 is 9.47 Å². The maximum absolute atomic E-state index is 12.0. The number of aromatic nitrogens is 2. The molecule has 0 radical (unpaired) electrons. The molecule has 2 aromatic rings. The maximum Gasteiger partial charge on any atom is 0.338 e. The van der Waals surface area contributed by atoms with Crippen LogP contribution in [0.2, 0.25) is 0 Å². The first-order valence-corrected chi connectivity index (χ1v) is 7.76. The van der Waals surface area contributed by atoms with Crippen LogP contribution in [0.1, 0.15) is 46.0 Å². The van der Waals surface area contributed by atoms with Gasteiger partial charge in [-0.3, -0.25) is 9.97 Å². The molecule has 0 aliphatic carbocycles. The van der Waals surface area contributed by atoms with Crippen molar-refractivity contribution in [2.45, 2.75) is 27.7 Å². The van der Waals surface area contributed by atoms with Gasteiger partial charge in [-0.1, -0.05) is 0 Å². The van der Waals surface area contributed by atoms with Gasteiger partial charge >= 0.3 is 11.9 Å². The van der Waals surface area contributed by atoms with Crippen LogP contribution in [0.15, 0.2) is 24.3 Å². The third kappa shape index (κ3) is 4.16. The fourth-order valence-electron chi connectivity index (χ4n) is 2.26. The van der Waals surface area contributed by atoms with Crippen LogP contribution in [-0.2, 0) is 9.47 Å². The summed E-state index contributed by atoms with van der Waals surface area (Å²) in [7, 11) is 0. The number of aryl methyl sites for hydroxylation is 2. The Labute approximate surface area is 140 Å². The van der Waals surface area contributed by atoms with Gasteiger partial charge in [0, 0.05) is 11.4 Å². The van der Waals surface area contributed by atoms with E-state index in [-0.39, 0.29) is 0 Å². The number of hydrogen-bond donors (Lipinski definition) is 0. The summed E-state index contributed by atoms with van der Waals surface area (Å²) in [5, 5.41) is 0. The largest absolute Gasteiger partial charge is 0.462 e. The van der Waals surface area contributed by atoms with Gasteiger partial charge in [0.05, 0.1) is 35.7 Å². The van der Waals surface area contributed by atoms with Crippen LogP contribution in [0.3, 0.4) is 0 Å². The van der Waals surface area contributed by atoms with Crippen LogP contribution in [0.25, 0.3) is 11.4 Å². The molecule has 2 heterocycles. The van der Waals surface area contributed by atoms with Crippen molar-refractivity contribution in [3.63, 3.8) is 0 Å². The molecule has 0 aliphatic heterocycles. The fourth-order valence-corrected chi connectivity index (χ4v) is 2.26. The lowest BCUT2D eigenvalue weighted by Gasteiger charge is -2.09. The summed E-state index contributed by atoms with van der Waals surface area (Å²) in [6, 6.07) is 6.54. The molecule has 0 unspecified atom stereocenters. The number of carbonyl (C=O) groups excluding carboxylic acids is 2. The summed E-state index contributed by atoms with van der Waals surface area (Å²) in [4.78, 5) is 32.7. The number of pyridine rings is 2. The predicted octanol–water partition coefficient (Wildman–Crippen LogP) is 3.11. The van der Waals surface area contributed by atoms with Gasteiger partial charge in [-0.25, -0.2) is 9.59 Å². The van der Waals surface area contributed by atoms with Crippen LogP contribution in [0, 0.1) is 13.8 Å². The van der Waals surface area contributed by atoms with E-state index in [1.165, 1.54) is 0 Å². The summed E-state index contributed by atoms with van der Waals surface area (Å²) >= 11 is 0. The average Bonchev–Trinajstić information content (AvgIpc) is 2.54. The van der Waals surface area contributed by atoms with E-state index >= 15 is 0 Å². The number of nitrogens with zero attached hydrogens (tertiary/aromatic N) is 2. The third-order valence-corrected chi connectivity index (χ3v) is 3.19. The molecule has 6 nitrogen and oxygen atoms in total. The molecule has 0 atom stereocenters. The van der Waals surface area contributed by atoms with E-state index < -0.39 is 11.9 Å². The van der Waals surface area contributed by atoms with Crippen LogP contribution in [0.5, 0.6) is 0 Å². The zero-order valence-corrected chi connectivity index (χ0v) is 14.3. The van der Waals surface area contributed by atoms with Crippen molar-refractivity contribution in [1.82, 2.24) is 9.97 Å². The molecule has 0 aromatic carbocycles. The quantitative estimate of drug-likeness (QED) is 0.785. The van der Waals surface area contributed by atoms with Gasteiger partial charge in [-0.15, -0.1) is 0 Å². The zero-order valence-electron chi connectivity index (χ0n) is 14.3. The zero-order chi connectivity index (χ0) is 17.7. The first-order valence-electron chi connectivity index (χ1n) is 7.76. The number of hydrogen-bond acceptors (Lipinski definition) is 6. The lowest BCUT2D eigenvalue weighted by Crippen LogP contribution is -2.08. The summed E-state index contributed by atoms with van der Waals surface area (Å²) in [6.45, 7) is 7.67. The molecule has 24 heavy (non-hydrogen) atoms. The molecule has 0 saturated heterocycles. The van der Waals surface area contributed by atoms with Gasteiger partial charge in [0.1, 0.15) is 0 Å². The Kier molecular flexibility index (Phi) is 5.63. The van der Waals surface area contributed by atoms with Crippen molar-refractivity contribution in [2.24, 2.45) is 0 Å². The molecule has 0 fully saturated rings. The first-order chi connectivity index (χ1) is 11.4. The summed E-state index contributed by atoms with van der Waals surface area (Å²) < 4.78 is 10.1. The van der Waals surface area contributed by atoms with Crippen LogP contribution in [-0.4, -0.2) is 35.1 Å². The van der Waals surface area contributed by atoms with Gasteiger partial charge in [0.2, 0.25) is 0 Å². The average molecular weight is 328 g/mol. The summed E-state index contributed by atoms with van der Waals surface area (Å²) in [5.74, 6) is -0.829. The standard InChI is InChI=1S/C18H20N2O4/c1-5-23-17(21)13-7-11(3)19-15(9-13)16-10-14(8-12(4)20-16)18(22)24-6-2/h7-10H,5-6H2,1-4H3. The molecule has 0 amide bonds. The normalized spacial score (nSPS) is 10.3. The van der Waals surface area contributed by atoms with E-state index in [0.717, 1.165) is 0 Å². The number of carbonyl (C=O) groups is 2. The Morgan fingerprint density at radius 3 is 1.50 bits per heavy atom. The van der Waals surface area contributed by atoms with E-state index in [0.29, 0.717) is 47.1 Å². The Morgan fingerprint density at radius 2 is 1.17 bits per heavy atom. The van der Waals surface area contributed by atoms with Gasteiger partial charge in [-0.05, 0) is 52.0 Å². The van der Waals surface area contributed by atoms with Crippen molar-refractivity contribution in [3.8, 4) is 11.4 Å². The molecule has 0 bridgehead atoms. The van der Waals surface area contributed by atoms with Crippen LogP contribution >= 0.6 is 0 Å². The van der Waals surface area contributed by atoms with Crippen LogP contribution < -0.4 is 0 Å². The Bertz CT molecular complexity index is 706. The van der Waals surface area contributed by atoms with Crippen molar-refractivity contribution < 1.29 is 19.1 Å². The van der Waals surface area contributed by atoms with Crippen molar-refractivity contribution in [3.05, 3.63) is 46.8 Å². The van der Waals surface area contributed by atoms with E-state index in [4.69, 9.17) is 9.47 Å². The molecule has 6 heteroatoms. The van der Waals surface area contributed by atoms with Gasteiger partial charge in [0.15, 0.2) is 0 Å². The first kappa shape index (κ1) is 17.6. The topological polar surface area (TPSA) is 78.4 Å². The van der Waals surface area contributed by atoms with E-state index in [1.807, 2.05) is 0 Å². The second-order valence-electron chi connectivity index (χ2n) is 5.21. The van der Waals surface area contributed by atoms with E-state index in [2.05, 4.69) is 9.97 Å². The molecule has 2 aromatic heterocycles. The smallest absolute Gasteiger partial charge is 0.338 e. The highest BCUT2D eigenvalue weighted by atomic mass is 16.5. The van der Waals surface area contributed by atoms with Crippen molar-refractivity contribution in [1.29, 1.82) is 0 Å². The molecule has 126 valence electrons. The number of esters is 2. The molecular formula is C18H20N2O4. The predicted molar refractivity (Wildman–Crippen MR) is 88.9 cm³/mol. The summed E-state index contributed by atoms with van der Waals surface area (Å²) in [5.41, 5.74) is 3.15. The Hall–Kier alpha value is -2.76. The van der Waals surface area contributed by atoms with E-state index in [1.54, 1.807) is 52.0 Å². The van der Waals surface area contributed by atoms with Crippen LogP contribution in [0.4, 0.5) is 0 Å². The third-order valence-electron chi connectivity index (χ3n) is 3.19. The fraction of sp³-hybridized carbons (Fsp3) is 0.333. The molecule has 0 spiro atoms. The summed E-state index contributed by atoms with van der Waals surface area (Å²) in [6.07, 6.45) is 0.